The van der Waals surface area contributed by atoms with Crippen molar-refractivity contribution in [1.82, 2.24) is 0 Å². The van der Waals surface area contributed by atoms with E-state index in [1.165, 1.54) is 12.1 Å². The number of aliphatic imine (C=N–C) groups is 1. The average molecular weight is 425 g/mol. The van der Waals surface area contributed by atoms with Gasteiger partial charge in [-0.15, -0.1) is 0 Å². The molecule has 31 heavy (non-hydrogen) atoms. The third kappa shape index (κ3) is 4.33. The topological polar surface area (TPSA) is 49.7 Å². The molecule has 0 radical (unpaired) electrons. The predicted molar refractivity (Wildman–Crippen MR) is 114 cm³/mol. The second-order valence-electron chi connectivity index (χ2n) is 8.01. The lowest BCUT2D eigenvalue weighted by Gasteiger charge is -2.26. The van der Waals surface area contributed by atoms with Crippen LogP contribution in [-0.2, 0) is 11.0 Å². The van der Waals surface area contributed by atoms with Gasteiger partial charge in [0.1, 0.15) is 11.5 Å². The van der Waals surface area contributed by atoms with Crippen LogP contribution in [0.2, 0.25) is 0 Å². The number of ketones is 1. The van der Waals surface area contributed by atoms with Crippen LogP contribution in [-0.4, -0.2) is 16.6 Å². The molecule has 0 spiro atoms. The summed E-state index contributed by atoms with van der Waals surface area (Å²) in [7, 11) is 0. The minimum Gasteiger partial charge on any atom is -0.508 e. The van der Waals surface area contributed by atoms with Gasteiger partial charge in [0.15, 0.2) is 5.78 Å². The Bertz CT molecular complexity index is 1090. The Morgan fingerprint density at radius 2 is 1.74 bits per heavy atom. The van der Waals surface area contributed by atoms with Crippen LogP contribution < -0.4 is 0 Å². The van der Waals surface area contributed by atoms with Crippen LogP contribution in [0.4, 0.5) is 18.9 Å². The molecule has 0 saturated carbocycles. The number of hydrogen-bond donors (Lipinski definition) is 1. The third-order valence-electron chi connectivity index (χ3n) is 6.06. The number of nitrogens with zero attached hydrogens (tertiary/aromatic N) is 1. The number of alkyl halides is 3. The maximum atomic E-state index is 13.3. The van der Waals surface area contributed by atoms with Crippen molar-refractivity contribution in [2.24, 2.45) is 10.9 Å². The molecule has 0 saturated heterocycles. The van der Waals surface area contributed by atoms with Gasteiger partial charge in [0.2, 0.25) is 0 Å². The number of Topliss-reactive ketones (excluding diaryl/α,β-unsaturated/α-hetero) is 1. The number of carbonyl (C=O) groups is 1. The van der Waals surface area contributed by atoms with Crippen molar-refractivity contribution in [3.8, 4) is 5.75 Å². The molecule has 160 valence electrons. The normalized spacial score (nSPS) is 23.1. The number of allylic oxidation sites excluding steroid dienone is 4. The fraction of sp³-hybridized carbons (Fsp3) is 0.280. The molecule has 0 aromatic heterocycles. The van der Waals surface area contributed by atoms with E-state index < -0.39 is 11.7 Å². The van der Waals surface area contributed by atoms with Crippen molar-refractivity contribution < 1.29 is 23.1 Å². The van der Waals surface area contributed by atoms with Gasteiger partial charge in [-0.2, -0.15) is 13.2 Å². The second kappa shape index (κ2) is 8.17. The summed E-state index contributed by atoms with van der Waals surface area (Å²) in [4.78, 5) is 17.7. The Labute approximate surface area is 178 Å². The van der Waals surface area contributed by atoms with Gasteiger partial charge < -0.3 is 5.11 Å². The monoisotopic (exact) mass is 425 g/mol. The first-order valence-corrected chi connectivity index (χ1v) is 10.2. The molecule has 0 amide bonds. The van der Waals surface area contributed by atoms with E-state index in [-0.39, 0.29) is 41.2 Å². The van der Waals surface area contributed by atoms with E-state index in [4.69, 9.17) is 0 Å². The molecule has 3 nitrogen and oxygen atoms in total. The first kappa shape index (κ1) is 21.1. The summed E-state index contributed by atoms with van der Waals surface area (Å²) >= 11 is 0. The summed E-state index contributed by atoms with van der Waals surface area (Å²) in [5, 5.41) is 9.62. The highest BCUT2D eigenvalue weighted by atomic mass is 19.4. The molecule has 2 atom stereocenters. The quantitative estimate of drug-likeness (QED) is 0.557. The summed E-state index contributed by atoms with van der Waals surface area (Å²) in [6.07, 6.45) is 0.977. The van der Waals surface area contributed by atoms with Crippen molar-refractivity contribution in [3.63, 3.8) is 0 Å². The van der Waals surface area contributed by atoms with Gasteiger partial charge in [0.05, 0.1) is 11.3 Å². The van der Waals surface area contributed by atoms with Crippen LogP contribution in [0.15, 0.2) is 76.8 Å². The number of halogens is 3. The van der Waals surface area contributed by atoms with Crippen LogP contribution in [0.5, 0.6) is 5.75 Å². The molecule has 0 aliphatic heterocycles. The minimum absolute atomic E-state index is 0.0580. The molecule has 2 aromatic rings. The first-order valence-electron chi connectivity index (χ1n) is 10.2. The first-order chi connectivity index (χ1) is 14.7. The Hall–Kier alpha value is -3.15. The molecular weight excluding hydrogens is 403 g/mol. The van der Waals surface area contributed by atoms with E-state index in [1.54, 1.807) is 12.1 Å². The Morgan fingerprint density at radius 1 is 1.03 bits per heavy atom. The molecule has 2 aromatic carbocycles. The number of hydrogen-bond acceptors (Lipinski definition) is 3. The Balaban J connectivity index is 1.79. The highest BCUT2D eigenvalue weighted by Gasteiger charge is 2.35. The maximum absolute atomic E-state index is 13.3. The molecule has 4 rings (SSSR count). The highest BCUT2D eigenvalue weighted by Crippen LogP contribution is 2.42. The van der Waals surface area contributed by atoms with Gasteiger partial charge in [-0.1, -0.05) is 42.8 Å². The van der Waals surface area contributed by atoms with E-state index in [0.717, 1.165) is 28.8 Å². The van der Waals surface area contributed by atoms with Gasteiger partial charge in [0.25, 0.3) is 0 Å². The molecule has 1 N–H and O–H groups in total. The van der Waals surface area contributed by atoms with Crippen LogP contribution in [0, 0.1) is 5.92 Å². The molecular formula is C25H22F3NO2. The largest absolute Gasteiger partial charge is 0.508 e. The summed E-state index contributed by atoms with van der Waals surface area (Å²) in [5.74, 6) is -0.0623. The number of aromatic hydroxyl groups is 1. The molecule has 0 bridgehead atoms. The zero-order valence-corrected chi connectivity index (χ0v) is 17.0. The number of benzene rings is 2. The van der Waals surface area contributed by atoms with Gasteiger partial charge in [-0.3, -0.25) is 4.79 Å². The van der Waals surface area contributed by atoms with Crippen molar-refractivity contribution in [1.29, 1.82) is 0 Å². The maximum Gasteiger partial charge on any atom is 0.416 e. The number of phenolic OH excluding ortho intramolecular Hbond substituents is 1. The van der Waals surface area contributed by atoms with E-state index in [1.807, 2.05) is 18.2 Å². The molecule has 2 aliphatic rings. The van der Waals surface area contributed by atoms with Gasteiger partial charge >= 0.3 is 6.18 Å². The number of rotatable bonds is 2. The fourth-order valence-corrected chi connectivity index (χ4v) is 4.40. The molecule has 0 fully saturated rings. The summed E-state index contributed by atoms with van der Waals surface area (Å²) < 4.78 is 39.4. The number of carbonyl (C=O) groups excluding carboxylic acids is 1. The highest BCUT2D eigenvalue weighted by molar-refractivity contribution is 6.47. The van der Waals surface area contributed by atoms with E-state index >= 15 is 0 Å². The summed E-state index contributed by atoms with van der Waals surface area (Å²) in [6.45, 7) is 2.08. The lowest BCUT2D eigenvalue weighted by Crippen LogP contribution is -2.17. The lowest BCUT2D eigenvalue weighted by molar-refractivity contribution is -0.137. The number of phenols is 1. The second-order valence-corrected chi connectivity index (χ2v) is 8.01. The average Bonchev–Trinajstić information content (AvgIpc) is 2.85. The van der Waals surface area contributed by atoms with Crippen molar-refractivity contribution in [2.45, 2.75) is 38.3 Å². The van der Waals surface area contributed by atoms with E-state index in [9.17, 15) is 23.1 Å². The van der Waals surface area contributed by atoms with Gasteiger partial charge in [-0.05, 0) is 66.1 Å². The van der Waals surface area contributed by atoms with Crippen molar-refractivity contribution in [2.75, 3.05) is 0 Å². The Kier molecular flexibility index (Phi) is 5.56. The standard InChI is InChI=1S/C25H22F3NO2/c1-15-20-7-2-3-8-21(20)24(29-18-6-4-5-17(13-18)25(26,27)28)23(31)14-22(15)16-9-11-19(30)12-10-16/h2-6,9-13,15,22,30H,7-8,14H2,1H3. The fourth-order valence-electron chi connectivity index (χ4n) is 4.40. The zero-order valence-electron chi connectivity index (χ0n) is 17.0. The van der Waals surface area contributed by atoms with Gasteiger partial charge in [0, 0.05) is 6.42 Å². The summed E-state index contributed by atoms with van der Waals surface area (Å²) in [5.41, 5.74) is 2.45. The SMILES string of the molecule is CC1C2=C(CC=CC2)C(=Nc2cccc(C(F)(F)F)c2)C(=O)CC1c1ccc(O)cc1. The van der Waals surface area contributed by atoms with Crippen molar-refractivity contribution in [3.05, 3.63) is 83.0 Å². The van der Waals surface area contributed by atoms with Crippen LogP contribution in [0.1, 0.15) is 43.2 Å². The molecule has 6 heteroatoms. The smallest absolute Gasteiger partial charge is 0.416 e. The Morgan fingerprint density at radius 3 is 2.45 bits per heavy atom. The molecule has 2 unspecified atom stereocenters. The summed E-state index contributed by atoms with van der Waals surface area (Å²) in [6, 6.07) is 11.6. The van der Waals surface area contributed by atoms with Crippen LogP contribution >= 0.6 is 0 Å². The van der Waals surface area contributed by atoms with E-state index in [0.29, 0.717) is 12.8 Å². The lowest BCUT2D eigenvalue weighted by atomic mass is 9.78. The zero-order chi connectivity index (χ0) is 22.2. The predicted octanol–water partition coefficient (Wildman–Crippen LogP) is 6.52. The van der Waals surface area contributed by atoms with Crippen molar-refractivity contribution >= 4 is 17.2 Å². The van der Waals surface area contributed by atoms with E-state index in [2.05, 4.69) is 18.0 Å². The minimum atomic E-state index is -4.47. The van der Waals surface area contributed by atoms with Crippen LogP contribution in [0.3, 0.4) is 0 Å². The van der Waals surface area contributed by atoms with Crippen LogP contribution in [0.25, 0.3) is 0 Å². The van der Waals surface area contributed by atoms with Gasteiger partial charge in [-0.25, -0.2) is 4.99 Å². The third-order valence-corrected chi connectivity index (χ3v) is 6.06. The molecule has 0 heterocycles. The molecule has 2 aliphatic carbocycles.